The Balaban J connectivity index is 1.99. The summed E-state index contributed by atoms with van der Waals surface area (Å²) in [5, 5.41) is 17.0. The van der Waals surface area contributed by atoms with Crippen molar-refractivity contribution in [3.05, 3.63) is 64.4 Å². The summed E-state index contributed by atoms with van der Waals surface area (Å²) in [6.07, 6.45) is 0. The Hall–Kier alpha value is -3.68. The van der Waals surface area contributed by atoms with Crippen LogP contribution in [0.3, 0.4) is 0 Å². The van der Waals surface area contributed by atoms with Gasteiger partial charge in [-0.3, -0.25) is 0 Å². The molecule has 2 aromatic carbocycles. The maximum absolute atomic E-state index is 12.0. The highest BCUT2D eigenvalue weighted by molar-refractivity contribution is 5.92. The molecule has 2 heterocycles. The third-order valence-corrected chi connectivity index (χ3v) is 4.88. The van der Waals surface area contributed by atoms with Crippen molar-refractivity contribution < 1.29 is 14.7 Å². The number of aromatic nitrogens is 3. The molecule has 0 atom stereocenters. The molecule has 4 aromatic rings. The summed E-state index contributed by atoms with van der Waals surface area (Å²) in [6.45, 7) is 6.88. The Labute approximate surface area is 167 Å². The van der Waals surface area contributed by atoms with Crippen molar-refractivity contribution in [1.29, 1.82) is 0 Å². The third kappa shape index (κ3) is 3.33. The highest BCUT2D eigenvalue weighted by Crippen LogP contribution is 2.36. The molecular formula is C21H22N5O3+. The molecule has 8 heteroatoms. The van der Waals surface area contributed by atoms with E-state index in [4.69, 9.17) is 4.52 Å². The van der Waals surface area contributed by atoms with Crippen LogP contribution in [0.2, 0.25) is 0 Å². The van der Waals surface area contributed by atoms with Gasteiger partial charge < -0.3 is 14.4 Å². The Bertz CT molecular complexity index is 1170. The van der Waals surface area contributed by atoms with E-state index in [1.807, 2.05) is 61.7 Å². The number of hydrogen-bond donors (Lipinski definition) is 2. The van der Waals surface area contributed by atoms with E-state index in [-0.39, 0.29) is 10.6 Å². The van der Waals surface area contributed by atoms with Crippen LogP contribution in [-0.2, 0) is 6.54 Å². The van der Waals surface area contributed by atoms with Crippen LogP contribution in [-0.4, -0.2) is 31.4 Å². The molecule has 8 nitrogen and oxygen atoms in total. The molecule has 0 saturated carbocycles. The van der Waals surface area contributed by atoms with Crippen molar-refractivity contribution in [1.82, 2.24) is 14.7 Å². The second-order valence-corrected chi connectivity index (χ2v) is 6.87. The molecule has 0 aliphatic carbocycles. The Kier molecular flexibility index (Phi) is 4.75. The SMILES string of the molecule is CCNc1nc2c([N+](=O)O)cc(-c3c(C)noc3C)cc2n1Cc1ccccc1. The zero-order valence-electron chi connectivity index (χ0n) is 16.5. The van der Waals surface area contributed by atoms with Crippen LogP contribution in [0.5, 0.6) is 0 Å². The van der Waals surface area contributed by atoms with Gasteiger partial charge in [0.1, 0.15) is 5.76 Å². The maximum atomic E-state index is 12.0. The molecule has 29 heavy (non-hydrogen) atoms. The number of nitrogens with one attached hydrogen (secondary N) is 1. The van der Waals surface area contributed by atoms with Crippen molar-refractivity contribution in [3.63, 3.8) is 0 Å². The lowest BCUT2D eigenvalue weighted by Crippen LogP contribution is -2.08. The fourth-order valence-corrected chi connectivity index (χ4v) is 3.61. The lowest BCUT2D eigenvalue weighted by molar-refractivity contribution is -0.728. The number of anilines is 1. The first-order valence-electron chi connectivity index (χ1n) is 9.41. The molecule has 0 saturated heterocycles. The largest absolute Gasteiger partial charge is 0.361 e. The average Bonchev–Trinajstić information content (AvgIpc) is 3.22. The quantitative estimate of drug-likeness (QED) is 0.466. The molecule has 0 aliphatic rings. The van der Waals surface area contributed by atoms with Gasteiger partial charge in [0.25, 0.3) is 4.92 Å². The predicted octanol–water partition coefficient (Wildman–Crippen LogP) is 4.59. The zero-order chi connectivity index (χ0) is 20.5. The smallest absolute Gasteiger partial charge is 0.344 e. The first kappa shape index (κ1) is 18.7. The van der Waals surface area contributed by atoms with E-state index < -0.39 is 0 Å². The highest BCUT2D eigenvalue weighted by Gasteiger charge is 2.26. The number of fused-ring (bicyclic) bond motifs is 1. The second kappa shape index (κ2) is 7.38. The summed E-state index contributed by atoms with van der Waals surface area (Å²) < 4.78 is 7.30. The third-order valence-electron chi connectivity index (χ3n) is 4.88. The van der Waals surface area contributed by atoms with Gasteiger partial charge in [0, 0.05) is 18.2 Å². The van der Waals surface area contributed by atoms with E-state index in [9.17, 15) is 10.1 Å². The molecule has 0 radical (unpaired) electrons. The summed E-state index contributed by atoms with van der Waals surface area (Å²) >= 11 is 0. The average molecular weight is 392 g/mol. The number of aryl methyl sites for hydroxylation is 2. The molecule has 2 aromatic heterocycles. The van der Waals surface area contributed by atoms with Gasteiger partial charge in [-0.15, -0.1) is 0 Å². The number of imidazole rings is 1. The number of hydrogen-bond acceptors (Lipinski definition) is 5. The van der Waals surface area contributed by atoms with Gasteiger partial charge in [-0.1, -0.05) is 35.5 Å². The van der Waals surface area contributed by atoms with Gasteiger partial charge >= 0.3 is 5.69 Å². The molecule has 4 rings (SSSR count). The summed E-state index contributed by atoms with van der Waals surface area (Å²) in [4.78, 5) is 16.4. The number of rotatable bonds is 6. The molecule has 0 bridgehead atoms. The lowest BCUT2D eigenvalue weighted by Gasteiger charge is -2.10. The Morgan fingerprint density at radius 3 is 2.59 bits per heavy atom. The van der Waals surface area contributed by atoms with Gasteiger partial charge in [0.05, 0.1) is 22.7 Å². The summed E-state index contributed by atoms with van der Waals surface area (Å²) in [5.41, 5.74) is 4.56. The lowest BCUT2D eigenvalue weighted by atomic mass is 10.0. The first-order valence-corrected chi connectivity index (χ1v) is 9.41. The number of benzene rings is 2. The monoisotopic (exact) mass is 392 g/mol. The minimum absolute atomic E-state index is 0.0727. The summed E-state index contributed by atoms with van der Waals surface area (Å²) in [7, 11) is 0. The van der Waals surface area contributed by atoms with Crippen LogP contribution in [0.25, 0.3) is 22.2 Å². The molecule has 0 fully saturated rings. The zero-order valence-corrected chi connectivity index (χ0v) is 16.5. The van der Waals surface area contributed by atoms with Gasteiger partial charge in [-0.2, -0.15) is 0 Å². The van der Waals surface area contributed by atoms with Gasteiger partial charge in [-0.25, -0.2) is 10.2 Å². The van der Waals surface area contributed by atoms with E-state index >= 15 is 0 Å². The molecular weight excluding hydrogens is 370 g/mol. The fourth-order valence-electron chi connectivity index (χ4n) is 3.61. The van der Waals surface area contributed by atoms with Gasteiger partial charge in [0.15, 0.2) is 5.52 Å². The van der Waals surface area contributed by atoms with Crippen molar-refractivity contribution in [2.24, 2.45) is 0 Å². The van der Waals surface area contributed by atoms with Gasteiger partial charge in [0.2, 0.25) is 5.95 Å². The van der Waals surface area contributed by atoms with E-state index in [1.54, 1.807) is 6.07 Å². The molecule has 0 unspecified atom stereocenters. The van der Waals surface area contributed by atoms with Crippen molar-refractivity contribution in [2.75, 3.05) is 11.9 Å². The molecule has 2 N–H and O–H groups in total. The van der Waals surface area contributed by atoms with Crippen LogP contribution in [0.15, 0.2) is 47.0 Å². The minimum atomic E-state index is -0.139. The van der Waals surface area contributed by atoms with Crippen LogP contribution in [0, 0.1) is 18.8 Å². The van der Waals surface area contributed by atoms with Crippen LogP contribution < -0.4 is 5.32 Å². The van der Waals surface area contributed by atoms with Crippen LogP contribution in [0.1, 0.15) is 23.9 Å². The van der Waals surface area contributed by atoms with E-state index in [0.29, 0.717) is 36.0 Å². The van der Waals surface area contributed by atoms with Gasteiger partial charge in [-0.05, 0) is 38.0 Å². The van der Waals surface area contributed by atoms with E-state index in [0.717, 1.165) is 22.2 Å². The van der Waals surface area contributed by atoms with Crippen molar-refractivity contribution >= 4 is 22.7 Å². The molecule has 148 valence electrons. The Morgan fingerprint density at radius 2 is 1.97 bits per heavy atom. The van der Waals surface area contributed by atoms with Crippen LogP contribution >= 0.6 is 0 Å². The maximum Gasteiger partial charge on any atom is 0.344 e. The molecule has 0 amide bonds. The standard InChI is InChI=1S/C21H22N5O3/c1-4-22-21-23-20-17(25(21)12-15-8-6-5-7-9-15)10-16(11-18(20)26(27)28)19-13(2)24-29-14(19)3/h5-11H,4,12H2,1-3H3,(H,22,23)(H,27,28)/q+1. The topological polar surface area (TPSA) is 96.2 Å². The predicted molar refractivity (Wildman–Crippen MR) is 109 cm³/mol. The van der Waals surface area contributed by atoms with E-state index in [1.165, 1.54) is 0 Å². The Morgan fingerprint density at radius 1 is 1.21 bits per heavy atom. The van der Waals surface area contributed by atoms with Crippen molar-refractivity contribution in [2.45, 2.75) is 27.3 Å². The molecule has 0 aliphatic heterocycles. The normalized spacial score (nSPS) is 11.1. The number of nitrogens with zero attached hydrogens (tertiary/aromatic N) is 4. The molecule has 0 spiro atoms. The van der Waals surface area contributed by atoms with E-state index in [2.05, 4.69) is 15.5 Å². The fraction of sp³-hybridized carbons (Fsp3) is 0.238. The summed E-state index contributed by atoms with van der Waals surface area (Å²) in [5.74, 6) is 1.27. The first-order chi connectivity index (χ1) is 14.0. The van der Waals surface area contributed by atoms with Crippen LogP contribution in [0.4, 0.5) is 11.6 Å². The highest BCUT2D eigenvalue weighted by atomic mass is 16.6. The summed E-state index contributed by atoms with van der Waals surface area (Å²) in [6, 6.07) is 13.6. The van der Waals surface area contributed by atoms with Crippen molar-refractivity contribution in [3.8, 4) is 11.1 Å². The minimum Gasteiger partial charge on any atom is -0.361 e. The second-order valence-electron chi connectivity index (χ2n) is 6.87.